The van der Waals surface area contributed by atoms with E-state index in [4.69, 9.17) is 10.3 Å². The molecule has 1 unspecified atom stereocenters. The molecule has 2 bridgehead atoms. The third-order valence-corrected chi connectivity index (χ3v) is 3.54. The van der Waals surface area contributed by atoms with Crippen LogP contribution in [0.15, 0.2) is 0 Å². The van der Waals surface area contributed by atoms with E-state index in [2.05, 4.69) is 27.1 Å². The molecule has 2 aliphatic heterocycles. The van der Waals surface area contributed by atoms with Gasteiger partial charge in [0.25, 0.3) is 5.91 Å². The number of carbonyl (C=O) groups is 3. The molecule has 2 atom stereocenters. The number of urea groups is 1. The number of carbonyl (C=O) groups excluding carboxylic acids is 3. The van der Waals surface area contributed by atoms with E-state index in [1.165, 1.54) is 0 Å². The zero-order valence-electron chi connectivity index (χ0n) is 12.2. The van der Waals surface area contributed by atoms with Crippen molar-refractivity contribution in [2.45, 2.75) is 32.4 Å². The molecule has 2 rings (SSSR count). The molecular formula is C10H21N5O8S2. The fourth-order valence-corrected chi connectivity index (χ4v) is 2.74. The molecule has 2 fully saturated rings. The molecule has 0 radical (unpaired) electrons. The van der Waals surface area contributed by atoms with Crippen LogP contribution in [0.5, 0.6) is 0 Å². The molecule has 0 aromatic heterocycles. The number of hydrogen-bond acceptors (Lipinski definition) is 9. The first-order valence-electron chi connectivity index (χ1n) is 6.41. The summed E-state index contributed by atoms with van der Waals surface area (Å²) in [4.78, 5) is 40.1. The van der Waals surface area contributed by atoms with E-state index >= 15 is 0 Å². The maximum Gasteiger partial charge on any atom is 0.418 e. The molecule has 0 saturated carbocycles. The molecule has 25 heavy (non-hydrogen) atoms. The molecule has 13 nitrogen and oxygen atoms in total. The minimum absolute atomic E-state index is 0. The third-order valence-electron chi connectivity index (χ3n) is 3.19. The van der Waals surface area contributed by atoms with Crippen molar-refractivity contribution in [3.05, 3.63) is 0 Å². The van der Waals surface area contributed by atoms with Crippen LogP contribution in [0.25, 0.3) is 0 Å². The highest BCUT2D eigenvalue weighted by atomic mass is 32.3. The molecular weight excluding hydrogens is 382 g/mol. The lowest BCUT2D eigenvalue weighted by molar-refractivity contribution is -0.142. The van der Waals surface area contributed by atoms with Crippen LogP contribution in [0.4, 0.5) is 4.79 Å². The number of nitrogens with one attached hydrogen (secondary N) is 1. The molecule has 6 N–H and O–H groups in total. The molecule has 146 valence electrons. The molecule has 0 spiro atoms. The molecule has 2 saturated heterocycles. The monoisotopic (exact) mass is 403 g/mol. The lowest BCUT2D eigenvalue weighted by Gasteiger charge is -2.28. The number of primary amides is 1. The predicted octanol–water partition coefficient (Wildman–Crippen LogP) is -2.05. The Morgan fingerprint density at radius 2 is 1.96 bits per heavy atom. The van der Waals surface area contributed by atoms with Crippen molar-refractivity contribution in [2.24, 2.45) is 10.9 Å². The van der Waals surface area contributed by atoms with E-state index in [1.54, 1.807) is 0 Å². The Morgan fingerprint density at radius 3 is 2.48 bits per heavy atom. The number of fused-ring (bicyclic) bond motifs is 2. The van der Waals surface area contributed by atoms with Crippen molar-refractivity contribution in [1.29, 1.82) is 0 Å². The number of hydrogen-bond donors (Lipinski definition) is 5. The molecule has 2 heterocycles. The van der Waals surface area contributed by atoms with Crippen molar-refractivity contribution < 1.29 is 36.5 Å². The maximum absolute atomic E-state index is 12.0. The second-order valence-corrected chi connectivity index (χ2v) is 5.74. The van der Waals surface area contributed by atoms with Gasteiger partial charge in [-0.15, -0.1) is 17.1 Å². The molecule has 4 amide bonds. The van der Waals surface area contributed by atoms with Crippen LogP contribution in [0, 0.1) is 0 Å². The van der Waals surface area contributed by atoms with E-state index in [1.807, 2.05) is 5.48 Å². The van der Waals surface area contributed by atoms with E-state index < -0.39 is 46.9 Å². The first-order chi connectivity index (χ1) is 11.2. The van der Waals surface area contributed by atoms with Crippen molar-refractivity contribution in [3.63, 3.8) is 0 Å². The van der Waals surface area contributed by atoms with Gasteiger partial charge in [0.15, 0.2) is 6.61 Å². The summed E-state index contributed by atoms with van der Waals surface area (Å²) in [7, 11) is -4.84. The van der Waals surface area contributed by atoms with Gasteiger partial charge in [-0.3, -0.25) is 24.1 Å². The highest BCUT2D eigenvalue weighted by Gasteiger charge is 2.49. The van der Waals surface area contributed by atoms with Crippen molar-refractivity contribution in [2.75, 3.05) is 13.2 Å². The molecule has 0 aromatic rings. The lowest BCUT2D eigenvalue weighted by atomic mass is 10.0. The Morgan fingerprint density at radius 1 is 1.36 bits per heavy atom. The van der Waals surface area contributed by atoms with Gasteiger partial charge in [-0.05, 0) is 12.8 Å². The Hall–Kier alpha value is -1.65. The standard InChI is InChI=1S/C9H14N4O8S.CH4.H3NS/c10-7(14)4-20-11-8(15)6-2-1-5-3-12(6)9(16)13(5)21-22(17,18)19;;1-2/h5-6H,1-4H2,(H2,10,14)(H,11,15)(H,17,18,19);1H4;2H,1H2/t5?,6-;;/m0../s1. The number of rotatable bonds is 6. The van der Waals surface area contributed by atoms with Crippen LogP contribution in [0.2, 0.25) is 0 Å². The third kappa shape index (κ3) is 6.29. The molecule has 0 aliphatic carbocycles. The van der Waals surface area contributed by atoms with Gasteiger partial charge in [-0.25, -0.2) is 10.3 Å². The Labute approximate surface area is 150 Å². The van der Waals surface area contributed by atoms with E-state index in [9.17, 15) is 22.8 Å². The zero-order chi connectivity index (χ0) is 18.5. The Balaban J connectivity index is 0.00000185. The number of nitrogens with two attached hydrogens (primary N) is 2. The number of nitrogens with zero attached hydrogens (tertiary/aromatic N) is 2. The van der Waals surface area contributed by atoms with Crippen molar-refractivity contribution in [1.82, 2.24) is 15.4 Å². The summed E-state index contributed by atoms with van der Waals surface area (Å²) in [6.45, 7) is -0.463. The number of amides is 4. The van der Waals surface area contributed by atoms with Gasteiger partial charge < -0.3 is 10.6 Å². The second kappa shape index (κ2) is 9.73. The summed E-state index contributed by atoms with van der Waals surface area (Å²) in [6.07, 6.45) is 0.513. The minimum atomic E-state index is -4.84. The van der Waals surface area contributed by atoms with Crippen LogP contribution >= 0.6 is 12.8 Å². The number of piperidine rings is 1. The number of thiol groups is 1. The minimum Gasteiger partial charge on any atom is -0.368 e. The van der Waals surface area contributed by atoms with E-state index in [0.717, 1.165) is 4.90 Å². The lowest BCUT2D eigenvalue weighted by Crippen LogP contribution is -2.50. The second-order valence-electron chi connectivity index (χ2n) is 4.73. The van der Waals surface area contributed by atoms with Crippen molar-refractivity contribution in [3.8, 4) is 0 Å². The first kappa shape index (κ1) is 23.4. The van der Waals surface area contributed by atoms with E-state index in [-0.39, 0.29) is 26.8 Å². The van der Waals surface area contributed by atoms with Crippen LogP contribution in [0.1, 0.15) is 20.3 Å². The molecule has 0 aromatic carbocycles. The first-order valence-corrected chi connectivity index (χ1v) is 8.30. The Bertz CT molecular complexity index is 600. The summed E-state index contributed by atoms with van der Waals surface area (Å²) in [5.41, 5.74) is 6.82. The average molecular weight is 403 g/mol. The summed E-state index contributed by atoms with van der Waals surface area (Å²) in [5.74, 6) is -1.46. The van der Waals surface area contributed by atoms with Gasteiger partial charge in [0.2, 0.25) is 5.91 Å². The van der Waals surface area contributed by atoms with Crippen LogP contribution < -0.4 is 16.4 Å². The molecule has 15 heteroatoms. The van der Waals surface area contributed by atoms with Gasteiger partial charge in [-0.1, -0.05) is 7.43 Å². The van der Waals surface area contributed by atoms with E-state index in [0.29, 0.717) is 5.06 Å². The fraction of sp³-hybridized carbons (Fsp3) is 0.700. The van der Waals surface area contributed by atoms with Gasteiger partial charge >= 0.3 is 16.4 Å². The quantitative estimate of drug-likeness (QED) is 0.188. The summed E-state index contributed by atoms with van der Waals surface area (Å²) < 4.78 is 34.3. The maximum atomic E-state index is 12.0. The zero-order valence-corrected chi connectivity index (χ0v) is 13.9. The highest BCUT2D eigenvalue weighted by molar-refractivity contribution is 7.80. The van der Waals surface area contributed by atoms with Gasteiger partial charge in [-0.2, -0.15) is 13.5 Å². The normalized spacial score (nSPS) is 21.8. The highest BCUT2D eigenvalue weighted by Crippen LogP contribution is 2.30. The SMILES string of the molecule is C.NC(=O)CONC(=O)[C@@H]1CCC2CN1C(=O)N2OS(=O)(=O)O.NS. The van der Waals surface area contributed by atoms with Crippen molar-refractivity contribution >= 4 is 41.1 Å². The smallest absolute Gasteiger partial charge is 0.368 e. The van der Waals surface area contributed by atoms with Crippen LogP contribution in [-0.4, -0.2) is 66.0 Å². The summed E-state index contributed by atoms with van der Waals surface area (Å²) >= 11 is 3.03. The number of hydroxylamine groups is 3. The fourth-order valence-electron chi connectivity index (χ4n) is 2.35. The Kier molecular flexibility index (Phi) is 9.09. The largest absolute Gasteiger partial charge is 0.418 e. The average Bonchev–Trinajstić information content (AvgIpc) is 2.72. The summed E-state index contributed by atoms with van der Waals surface area (Å²) in [5, 5.41) is 4.72. The van der Waals surface area contributed by atoms with Crippen LogP contribution in [0.3, 0.4) is 0 Å². The topological polar surface area (TPSA) is 195 Å². The van der Waals surface area contributed by atoms with Crippen LogP contribution in [-0.2, 0) is 29.1 Å². The predicted molar refractivity (Wildman–Crippen MR) is 86.6 cm³/mol. The van der Waals surface area contributed by atoms with Gasteiger partial charge in [0, 0.05) is 6.54 Å². The molecule has 2 aliphatic rings. The van der Waals surface area contributed by atoms with Gasteiger partial charge in [0.05, 0.1) is 6.04 Å². The van der Waals surface area contributed by atoms with Gasteiger partial charge in [0.1, 0.15) is 6.04 Å². The summed E-state index contributed by atoms with van der Waals surface area (Å²) in [6, 6.07) is -2.37.